The van der Waals surface area contributed by atoms with Gasteiger partial charge in [-0.2, -0.15) is 0 Å². The lowest BCUT2D eigenvalue weighted by molar-refractivity contribution is 0.126. The lowest BCUT2D eigenvalue weighted by atomic mass is 9.73. The highest BCUT2D eigenvalue weighted by molar-refractivity contribution is 5.74. The number of likely N-dealkylation sites (tertiary alicyclic amines) is 1. The molecule has 2 amide bonds. The molecule has 1 saturated carbocycles. The maximum absolute atomic E-state index is 12.4. The first-order valence-electron chi connectivity index (χ1n) is 8.53. The van der Waals surface area contributed by atoms with Crippen molar-refractivity contribution in [3.05, 3.63) is 0 Å². The van der Waals surface area contributed by atoms with Gasteiger partial charge in [-0.3, -0.25) is 0 Å². The van der Waals surface area contributed by atoms with Crippen LogP contribution in [0.5, 0.6) is 0 Å². The lowest BCUT2D eigenvalue weighted by Crippen LogP contribution is -2.44. The van der Waals surface area contributed by atoms with E-state index in [2.05, 4.69) is 19.2 Å². The molecule has 0 radical (unpaired) electrons. The number of amides is 2. The fraction of sp³-hybridized carbons (Fsp3) is 0.941. The van der Waals surface area contributed by atoms with Gasteiger partial charge in [0.05, 0.1) is 6.10 Å². The molecule has 4 heteroatoms. The Labute approximate surface area is 129 Å². The third kappa shape index (κ3) is 4.60. The molecule has 122 valence electrons. The van der Waals surface area contributed by atoms with Crippen LogP contribution in [0, 0.1) is 10.8 Å². The molecule has 2 rings (SSSR count). The molecule has 21 heavy (non-hydrogen) atoms. The van der Waals surface area contributed by atoms with E-state index in [0.717, 1.165) is 13.1 Å². The molecule has 0 bridgehead atoms. The van der Waals surface area contributed by atoms with Crippen LogP contribution in [0.15, 0.2) is 0 Å². The van der Waals surface area contributed by atoms with Gasteiger partial charge in [-0.25, -0.2) is 4.79 Å². The minimum absolute atomic E-state index is 0.0634. The average molecular weight is 296 g/mol. The van der Waals surface area contributed by atoms with Crippen LogP contribution in [0.4, 0.5) is 4.79 Å². The summed E-state index contributed by atoms with van der Waals surface area (Å²) in [4.78, 5) is 14.4. The molecule has 1 spiro atoms. The lowest BCUT2D eigenvalue weighted by Gasteiger charge is -2.33. The highest BCUT2D eigenvalue weighted by Crippen LogP contribution is 2.43. The number of rotatable bonds is 4. The molecule has 1 atom stereocenters. The zero-order chi connectivity index (χ0) is 15.5. The van der Waals surface area contributed by atoms with E-state index in [1.165, 1.54) is 38.5 Å². The largest absolute Gasteiger partial charge is 0.393 e. The summed E-state index contributed by atoms with van der Waals surface area (Å²) in [6, 6.07) is 0.0797. The summed E-state index contributed by atoms with van der Waals surface area (Å²) in [6.07, 6.45) is 8.17. The quantitative estimate of drug-likeness (QED) is 0.837. The second-order valence-corrected chi connectivity index (χ2v) is 8.11. The van der Waals surface area contributed by atoms with E-state index < -0.39 is 0 Å². The zero-order valence-electron chi connectivity index (χ0n) is 14.0. The van der Waals surface area contributed by atoms with Gasteiger partial charge in [-0.1, -0.05) is 33.1 Å². The van der Waals surface area contributed by atoms with E-state index in [-0.39, 0.29) is 17.6 Å². The Kier molecular flexibility index (Phi) is 5.18. The molecule has 2 aliphatic rings. The van der Waals surface area contributed by atoms with E-state index in [4.69, 9.17) is 0 Å². The molecule has 1 aliphatic carbocycles. The third-order valence-corrected chi connectivity index (χ3v) is 5.21. The molecule has 1 unspecified atom stereocenters. The van der Waals surface area contributed by atoms with Crippen LogP contribution in [-0.4, -0.2) is 41.8 Å². The molecule has 0 aromatic carbocycles. The summed E-state index contributed by atoms with van der Waals surface area (Å²) >= 11 is 0. The molecule has 4 nitrogen and oxygen atoms in total. The van der Waals surface area contributed by atoms with Crippen LogP contribution in [0.3, 0.4) is 0 Å². The summed E-state index contributed by atoms with van der Waals surface area (Å²) in [5.74, 6) is 0. The van der Waals surface area contributed by atoms with Crippen molar-refractivity contribution in [1.82, 2.24) is 10.2 Å². The SMILES string of the molecule is CC(O)CC(C)(C)CNC(=O)N1CCC2(CCCCC2)C1. The Morgan fingerprint density at radius 1 is 1.29 bits per heavy atom. The fourth-order valence-electron chi connectivity index (χ4n) is 4.12. The summed E-state index contributed by atoms with van der Waals surface area (Å²) in [5, 5.41) is 12.6. The fourth-order valence-corrected chi connectivity index (χ4v) is 4.12. The van der Waals surface area contributed by atoms with Crippen molar-refractivity contribution in [2.75, 3.05) is 19.6 Å². The van der Waals surface area contributed by atoms with Gasteiger partial charge in [0, 0.05) is 19.6 Å². The van der Waals surface area contributed by atoms with E-state index in [1.807, 2.05) is 4.90 Å². The van der Waals surface area contributed by atoms with Gasteiger partial charge in [0.2, 0.25) is 0 Å². The zero-order valence-corrected chi connectivity index (χ0v) is 14.0. The Bertz CT molecular complexity index is 360. The van der Waals surface area contributed by atoms with Gasteiger partial charge in [0.1, 0.15) is 0 Å². The number of hydrogen-bond acceptors (Lipinski definition) is 2. The molecule has 1 saturated heterocycles. The van der Waals surface area contributed by atoms with E-state index in [9.17, 15) is 9.90 Å². The molecular weight excluding hydrogens is 264 g/mol. The van der Waals surface area contributed by atoms with Crippen LogP contribution < -0.4 is 5.32 Å². The molecule has 1 aliphatic heterocycles. The maximum atomic E-state index is 12.4. The predicted octanol–water partition coefficient (Wildman–Crippen LogP) is 3.15. The molecule has 0 aromatic heterocycles. The first kappa shape index (κ1) is 16.6. The highest BCUT2D eigenvalue weighted by Gasteiger charge is 2.40. The Balaban J connectivity index is 1.79. The number of urea groups is 1. The first-order valence-corrected chi connectivity index (χ1v) is 8.53. The summed E-state index contributed by atoms with van der Waals surface area (Å²) in [5.41, 5.74) is 0.358. The number of hydrogen-bond donors (Lipinski definition) is 2. The smallest absolute Gasteiger partial charge is 0.317 e. The van der Waals surface area contributed by atoms with Gasteiger partial charge in [-0.05, 0) is 43.4 Å². The van der Waals surface area contributed by atoms with Gasteiger partial charge in [0.25, 0.3) is 0 Å². The topological polar surface area (TPSA) is 52.6 Å². The number of aliphatic hydroxyl groups is 1. The summed E-state index contributed by atoms with van der Waals surface area (Å²) in [7, 11) is 0. The molecular formula is C17H32N2O2. The van der Waals surface area contributed by atoms with Crippen molar-refractivity contribution in [2.24, 2.45) is 10.8 Å². The number of nitrogens with one attached hydrogen (secondary N) is 1. The van der Waals surface area contributed by atoms with Gasteiger partial charge in [0.15, 0.2) is 0 Å². The standard InChI is InChI=1S/C17H32N2O2/c1-14(20)11-16(2,3)12-18-15(21)19-10-9-17(13-19)7-5-4-6-8-17/h14,20H,4-13H2,1-3H3,(H,18,21). The van der Waals surface area contributed by atoms with Crippen molar-refractivity contribution in [3.8, 4) is 0 Å². The van der Waals surface area contributed by atoms with Crippen LogP contribution >= 0.6 is 0 Å². The molecule has 2 N–H and O–H groups in total. The van der Waals surface area contributed by atoms with E-state index in [0.29, 0.717) is 18.4 Å². The van der Waals surface area contributed by atoms with Gasteiger partial charge >= 0.3 is 6.03 Å². The van der Waals surface area contributed by atoms with Crippen LogP contribution in [0.1, 0.15) is 65.7 Å². The van der Waals surface area contributed by atoms with Crippen molar-refractivity contribution in [2.45, 2.75) is 71.8 Å². The molecule has 2 fully saturated rings. The van der Waals surface area contributed by atoms with Crippen LogP contribution in [0.25, 0.3) is 0 Å². The highest BCUT2D eigenvalue weighted by atomic mass is 16.3. The van der Waals surface area contributed by atoms with Gasteiger partial charge < -0.3 is 15.3 Å². The number of carbonyl (C=O) groups is 1. The van der Waals surface area contributed by atoms with Gasteiger partial charge in [-0.15, -0.1) is 0 Å². The number of carbonyl (C=O) groups excluding carboxylic acids is 1. The second kappa shape index (κ2) is 6.55. The number of aliphatic hydroxyl groups excluding tert-OH is 1. The van der Waals surface area contributed by atoms with Crippen molar-refractivity contribution in [1.29, 1.82) is 0 Å². The van der Waals surface area contributed by atoms with Crippen molar-refractivity contribution in [3.63, 3.8) is 0 Å². The van der Waals surface area contributed by atoms with Crippen molar-refractivity contribution >= 4 is 6.03 Å². The van der Waals surface area contributed by atoms with Crippen LogP contribution in [-0.2, 0) is 0 Å². The van der Waals surface area contributed by atoms with Crippen LogP contribution in [0.2, 0.25) is 0 Å². The Morgan fingerprint density at radius 2 is 1.95 bits per heavy atom. The molecule has 1 heterocycles. The summed E-state index contributed by atoms with van der Waals surface area (Å²) in [6.45, 7) is 8.45. The number of nitrogens with zero attached hydrogens (tertiary/aromatic N) is 1. The average Bonchev–Trinajstić information content (AvgIpc) is 2.79. The predicted molar refractivity (Wildman–Crippen MR) is 85.2 cm³/mol. The minimum Gasteiger partial charge on any atom is -0.393 e. The minimum atomic E-state index is -0.325. The van der Waals surface area contributed by atoms with E-state index >= 15 is 0 Å². The second-order valence-electron chi connectivity index (χ2n) is 8.11. The Morgan fingerprint density at radius 3 is 2.57 bits per heavy atom. The summed E-state index contributed by atoms with van der Waals surface area (Å²) < 4.78 is 0. The Hall–Kier alpha value is -0.770. The normalized spacial score (nSPS) is 23.3. The third-order valence-electron chi connectivity index (χ3n) is 5.21. The maximum Gasteiger partial charge on any atom is 0.317 e. The van der Waals surface area contributed by atoms with E-state index in [1.54, 1.807) is 6.92 Å². The molecule has 0 aromatic rings. The van der Waals surface area contributed by atoms with Crippen molar-refractivity contribution < 1.29 is 9.90 Å². The monoisotopic (exact) mass is 296 g/mol. The first-order chi connectivity index (χ1) is 9.82.